The van der Waals surface area contributed by atoms with Gasteiger partial charge in [-0.25, -0.2) is 4.98 Å². The van der Waals surface area contributed by atoms with Gasteiger partial charge >= 0.3 is 0 Å². The van der Waals surface area contributed by atoms with Gasteiger partial charge < -0.3 is 10.3 Å². The molecule has 4 heteroatoms. The molecule has 0 saturated heterocycles. The summed E-state index contributed by atoms with van der Waals surface area (Å²) in [6.07, 6.45) is 7.68. The third kappa shape index (κ3) is 2.30. The first kappa shape index (κ1) is 11.6. The second kappa shape index (κ2) is 4.99. The second-order valence-electron chi connectivity index (χ2n) is 4.22. The maximum atomic E-state index is 6.12. The summed E-state index contributed by atoms with van der Waals surface area (Å²) in [6.45, 7) is 5.13. The van der Waals surface area contributed by atoms with Crippen LogP contribution in [-0.4, -0.2) is 14.5 Å². The molecule has 17 heavy (non-hydrogen) atoms. The zero-order valence-corrected chi connectivity index (χ0v) is 10.3. The molecule has 0 unspecified atom stereocenters. The lowest BCUT2D eigenvalue weighted by Gasteiger charge is -2.06. The average molecular weight is 230 g/mol. The Balaban J connectivity index is 2.34. The lowest BCUT2D eigenvalue weighted by molar-refractivity contribution is 0.637. The fraction of sp³-hybridized carbons (Fsp3) is 0.385. The van der Waals surface area contributed by atoms with E-state index in [2.05, 4.69) is 16.9 Å². The Bertz CT molecular complexity index is 502. The van der Waals surface area contributed by atoms with Crippen LogP contribution >= 0.6 is 0 Å². The van der Waals surface area contributed by atoms with Crippen LogP contribution in [-0.2, 0) is 6.54 Å². The van der Waals surface area contributed by atoms with Crippen molar-refractivity contribution in [3.05, 3.63) is 30.4 Å². The summed E-state index contributed by atoms with van der Waals surface area (Å²) in [7, 11) is 0. The Hall–Kier alpha value is -1.84. The Morgan fingerprint density at radius 3 is 2.94 bits per heavy atom. The van der Waals surface area contributed by atoms with E-state index >= 15 is 0 Å². The van der Waals surface area contributed by atoms with Gasteiger partial charge in [-0.3, -0.25) is 4.98 Å². The van der Waals surface area contributed by atoms with Crippen molar-refractivity contribution in [3.8, 4) is 11.3 Å². The van der Waals surface area contributed by atoms with Gasteiger partial charge in [0.25, 0.3) is 0 Å². The van der Waals surface area contributed by atoms with Gasteiger partial charge in [0.15, 0.2) is 0 Å². The quantitative estimate of drug-likeness (QED) is 0.878. The average Bonchev–Trinajstić information content (AvgIpc) is 2.69. The van der Waals surface area contributed by atoms with Crippen molar-refractivity contribution >= 4 is 5.82 Å². The molecule has 0 spiro atoms. The largest absolute Gasteiger partial charge is 0.383 e. The summed E-state index contributed by atoms with van der Waals surface area (Å²) in [4.78, 5) is 8.53. The molecule has 0 radical (unpaired) electrons. The van der Waals surface area contributed by atoms with Crippen molar-refractivity contribution in [2.45, 2.75) is 33.2 Å². The van der Waals surface area contributed by atoms with Crippen LogP contribution in [0, 0.1) is 6.92 Å². The van der Waals surface area contributed by atoms with Gasteiger partial charge in [-0.15, -0.1) is 0 Å². The van der Waals surface area contributed by atoms with Gasteiger partial charge in [0, 0.05) is 24.5 Å². The minimum absolute atomic E-state index is 0.731. The second-order valence-corrected chi connectivity index (χ2v) is 4.22. The van der Waals surface area contributed by atoms with Crippen molar-refractivity contribution in [2.75, 3.05) is 5.73 Å². The number of imidazole rings is 1. The fourth-order valence-corrected chi connectivity index (χ4v) is 1.82. The number of unbranched alkanes of at least 4 members (excludes halogenated alkanes) is 1. The number of hydrogen-bond donors (Lipinski definition) is 1. The summed E-state index contributed by atoms with van der Waals surface area (Å²) in [6, 6.07) is 1.97. The number of pyridine rings is 1. The molecule has 2 aromatic heterocycles. The normalized spacial score (nSPS) is 10.7. The highest BCUT2D eigenvalue weighted by molar-refractivity contribution is 5.72. The molecule has 2 N–H and O–H groups in total. The molecule has 0 aromatic carbocycles. The first-order valence-corrected chi connectivity index (χ1v) is 5.95. The summed E-state index contributed by atoms with van der Waals surface area (Å²) >= 11 is 0. The summed E-state index contributed by atoms with van der Waals surface area (Å²) in [5.74, 6) is 0.731. The van der Waals surface area contributed by atoms with Crippen LogP contribution in [0.15, 0.2) is 24.8 Å². The maximum Gasteiger partial charge on any atom is 0.131 e. The summed E-state index contributed by atoms with van der Waals surface area (Å²) < 4.78 is 2.01. The van der Waals surface area contributed by atoms with E-state index in [1.54, 1.807) is 6.20 Å². The van der Waals surface area contributed by atoms with Crippen LogP contribution in [0.1, 0.15) is 25.3 Å². The molecule has 2 rings (SSSR count). The third-order valence-electron chi connectivity index (χ3n) is 2.93. The number of nitrogen functional groups attached to an aromatic ring is 1. The predicted molar refractivity (Wildman–Crippen MR) is 69.5 cm³/mol. The molecule has 2 aromatic rings. The highest BCUT2D eigenvalue weighted by Gasteiger charge is 2.11. The van der Waals surface area contributed by atoms with Crippen LogP contribution in [0.25, 0.3) is 11.3 Å². The minimum atomic E-state index is 0.731. The lowest BCUT2D eigenvalue weighted by atomic mass is 10.1. The molecule has 0 saturated carbocycles. The van der Waals surface area contributed by atoms with Crippen molar-refractivity contribution in [1.82, 2.24) is 14.5 Å². The molecule has 0 amide bonds. The number of nitrogens with two attached hydrogens (primary N) is 1. The number of nitrogens with zero attached hydrogens (tertiary/aromatic N) is 3. The Kier molecular flexibility index (Phi) is 3.42. The SMILES string of the molecule is CCCCn1cnc(-c2cnccc2C)c1N. The predicted octanol–water partition coefficient (Wildman–Crippen LogP) is 2.64. The highest BCUT2D eigenvalue weighted by Crippen LogP contribution is 2.26. The van der Waals surface area contributed by atoms with Gasteiger partial charge in [0.05, 0.1) is 6.33 Å². The van der Waals surface area contributed by atoms with E-state index in [4.69, 9.17) is 5.73 Å². The van der Waals surface area contributed by atoms with Crippen LogP contribution in [0.5, 0.6) is 0 Å². The van der Waals surface area contributed by atoms with Crippen molar-refractivity contribution < 1.29 is 0 Å². The smallest absolute Gasteiger partial charge is 0.131 e. The third-order valence-corrected chi connectivity index (χ3v) is 2.93. The van der Waals surface area contributed by atoms with E-state index in [0.29, 0.717) is 0 Å². The van der Waals surface area contributed by atoms with E-state index in [1.807, 2.05) is 30.1 Å². The van der Waals surface area contributed by atoms with E-state index in [-0.39, 0.29) is 0 Å². The molecule has 90 valence electrons. The number of aryl methyl sites for hydroxylation is 2. The van der Waals surface area contributed by atoms with Crippen LogP contribution in [0.2, 0.25) is 0 Å². The van der Waals surface area contributed by atoms with Gasteiger partial charge in [-0.2, -0.15) is 0 Å². The maximum absolute atomic E-state index is 6.12. The molecule has 0 aliphatic heterocycles. The standard InChI is InChI=1S/C13H18N4/c1-3-4-7-17-9-16-12(13(17)14)11-8-15-6-5-10(11)2/h5-6,8-9H,3-4,7,14H2,1-2H3. The first-order chi connectivity index (χ1) is 8.24. The van der Waals surface area contributed by atoms with Crippen molar-refractivity contribution in [2.24, 2.45) is 0 Å². The molecule has 0 aliphatic carbocycles. The van der Waals surface area contributed by atoms with Gasteiger partial charge in [-0.1, -0.05) is 13.3 Å². The van der Waals surface area contributed by atoms with Gasteiger partial charge in [0.2, 0.25) is 0 Å². The molecule has 0 aliphatic rings. The highest BCUT2D eigenvalue weighted by atomic mass is 15.1. The molecule has 0 bridgehead atoms. The molecule has 4 nitrogen and oxygen atoms in total. The Morgan fingerprint density at radius 1 is 1.41 bits per heavy atom. The summed E-state index contributed by atoms with van der Waals surface area (Å²) in [5, 5.41) is 0. The number of rotatable bonds is 4. The number of aromatic nitrogens is 3. The number of anilines is 1. The van der Waals surface area contributed by atoms with Gasteiger partial charge in [0.1, 0.15) is 11.5 Å². The van der Waals surface area contributed by atoms with Crippen LogP contribution in [0.4, 0.5) is 5.82 Å². The molecule has 0 atom stereocenters. The number of hydrogen-bond acceptors (Lipinski definition) is 3. The van der Waals surface area contributed by atoms with Crippen LogP contribution < -0.4 is 5.73 Å². The topological polar surface area (TPSA) is 56.7 Å². The van der Waals surface area contributed by atoms with Crippen molar-refractivity contribution in [3.63, 3.8) is 0 Å². The first-order valence-electron chi connectivity index (χ1n) is 5.95. The van der Waals surface area contributed by atoms with E-state index < -0.39 is 0 Å². The Morgan fingerprint density at radius 2 is 2.24 bits per heavy atom. The van der Waals surface area contributed by atoms with E-state index in [9.17, 15) is 0 Å². The molecular weight excluding hydrogens is 212 g/mol. The summed E-state index contributed by atoms with van der Waals surface area (Å²) in [5.41, 5.74) is 9.12. The van der Waals surface area contributed by atoms with Gasteiger partial charge in [-0.05, 0) is 25.0 Å². The monoisotopic (exact) mass is 230 g/mol. The van der Waals surface area contributed by atoms with Crippen LogP contribution in [0.3, 0.4) is 0 Å². The Labute approximate surface area is 102 Å². The molecule has 2 heterocycles. The van der Waals surface area contributed by atoms with E-state index in [1.165, 1.54) is 0 Å². The molecular formula is C13H18N4. The zero-order chi connectivity index (χ0) is 12.3. The van der Waals surface area contributed by atoms with E-state index in [0.717, 1.165) is 42.0 Å². The zero-order valence-electron chi connectivity index (χ0n) is 10.3. The molecule has 0 fully saturated rings. The van der Waals surface area contributed by atoms with Crippen molar-refractivity contribution in [1.29, 1.82) is 0 Å². The minimum Gasteiger partial charge on any atom is -0.383 e. The lowest BCUT2D eigenvalue weighted by Crippen LogP contribution is -2.02. The fourth-order valence-electron chi connectivity index (χ4n) is 1.82.